The van der Waals surface area contributed by atoms with Crippen LogP contribution in [0.4, 0.5) is 0 Å². The molecular weight excluding hydrogens is 134 g/mol. The molecule has 1 aliphatic heterocycles. The van der Waals surface area contributed by atoms with E-state index in [0.29, 0.717) is 0 Å². The molecule has 0 bridgehead atoms. The molecule has 2 rings (SSSR count). The van der Waals surface area contributed by atoms with Crippen LogP contribution >= 0.6 is 0 Å². The summed E-state index contributed by atoms with van der Waals surface area (Å²) in [5.41, 5.74) is 2.46. The molecule has 0 N–H and O–H groups in total. The van der Waals surface area contributed by atoms with Crippen molar-refractivity contribution in [1.82, 2.24) is 0 Å². The predicted octanol–water partition coefficient (Wildman–Crippen LogP) is 2.88. The summed E-state index contributed by atoms with van der Waals surface area (Å²) in [6.45, 7) is 0. The highest BCUT2D eigenvalue weighted by Crippen LogP contribution is 2.22. The Balaban J connectivity index is 2.43. The molecule has 0 fully saturated rings. The number of allylic oxidation sites excluding steroid dienone is 6. The van der Waals surface area contributed by atoms with Crippen molar-refractivity contribution in [3.05, 3.63) is 40.4 Å². The van der Waals surface area contributed by atoms with E-state index in [1.54, 1.807) is 0 Å². The molecule has 0 aromatic rings. The van der Waals surface area contributed by atoms with Gasteiger partial charge in [-0.15, -0.1) is 0 Å². The molecule has 2 aliphatic rings. The molecule has 54 valence electrons. The second kappa shape index (κ2) is 2.75. The number of rotatable bonds is 0. The van der Waals surface area contributed by atoms with Crippen molar-refractivity contribution in [3.63, 3.8) is 0 Å². The van der Waals surface area contributed by atoms with Crippen molar-refractivity contribution in [2.45, 2.75) is 19.3 Å². The fourth-order valence-corrected chi connectivity index (χ4v) is 1.32. The van der Waals surface area contributed by atoms with Gasteiger partial charge in [-0.3, -0.25) is 0 Å². The first-order valence-corrected chi connectivity index (χ1v) is 3.96. The molecule has 0 saturated carbocycles. The minimum Gasteiger partial charge on any atom is -0.0831 e. The van der Waals surface area contributed by atoms with Gasteiger partial charge in [-0.25, -0.2) is 0 Å². The van der Waals surface area contributed by atoms with Crippen LogP contribution in [0.5, 0.6) is 0 Å². The van der Waals surface area contributed by atoms with Crippen molar-refractivity contribution < 1.29 is 0 Å². The van der Waals surface area contributed by atoms with Crippen LogP contribution in [0, 0.1) is 6.07 Å². The van der Waals surface area contributed by atoms with E-state index in [1.165, 1.54) is 11.3 Å². The van der Waals surface area contributed by atoms with Gasteiger partial charge in [0, 0.05) is 0 Å². The summed E-state index contributed by atoms with van der Waals surface area (Å²) in [4.78, 5) is 4.26. The van der Waals surface area contributed by atoms with E-state index >= 15 is 0 Å². The Kier molecular flexibility index (Phi) is 1.61. The Morgan fingerprint density at radius 1 is 1.27 bits per heavy atom. The molecule has 1 heteroatoms. The average molecular weight is 144 g/mol. The van der Waals surface area contributed by atoms with Crippen molar-refractivity contribution in [1.29, 1.82) is 0 Å². The third-order valence-electron chi connectivity index (χ3n) is 1.90. The second-order valence-corrected chi connectivity index (χ2v) is 2.72. The van der Waals surface area contributed by atoms with Gasteiger partial charge in [0.05, 0.1) is 12.0 Å². The van der Waals surface area contributed by atoms with Crippen LogP contribution in [0.1, 0.15) is 19.3 Å². The first-order chi connectivity index (χ1) is 5.47. The summed E-state index contributed by atoms with van der Waals surface area (Å²) in [7, 11) is 0. The summed E-state index contributed by atoms with van der Waals surface area (Å²) < 4.78 is 0. The fraction of sp³-hybridized carbons (Fsp3) is 0.300. The van der Waals surface area contributed by atoms with Crippen LogP contribution < -0.4 is 0 Å². The molecule has 11 heavy (non-hydrogen) atoms. The van der Waals surface area contributed by atoms with Gasteiger partial charge in [-0.2, -0.15) is 0 Å². The highest BCUT2D eigenvalue weighted by molar-refractivity contribution is 5.43. The maximum absolute atomic E-state index is 4.26. The van der Waals surface area contributed by atoms with Gasteiger partial charge in [0.2, 0.25) is 0 Å². The molecule has 0 spiro atoms. The van der Waals surface area contributed by atoms with Crippen molar-refractivity contribution >= 4 is 0 Å². The lowest BCUT2D eigenvalue weighted by atomic mass is 10.0. The quantitative estimate of drug-likeness (QED) is 0.492. The van der Waals surface area contributed by atoms with E-state index in [2.05, 4.69) is 35.2 Å². The predicted molar refractivity (Wildman–Crippen MR) is 46.4 cm³/mol. The van der Waals surface area contributed by atoms with E-state index < -0.39 is 0 Å². The molecule has 0 amide bonds. The lowest BCUT2D eigenvalue weighted by Crippen LogP contribution is -1.87. The molecule has 0 unspecified atom stereocenters. The average Bonchev–Trinajstić information content (AvgIpc) is 2.28. The molecule has 1 aliphatic carbocycles. The second-order valence-electron chi connectivity index (χ2n) is 2.72. The van der Waals surface area contributed by atoms with Gasteiger partial charge in [0.1, 0.15) is 6.42 Å². The van der Waals surface area contributed by atoms with Gasteiger partial charge >= 0.3 is 5.70 Å². The Morgan fingerprint density at radius 2 is 2.18 bits per heavy atom. The molecule has 0 saturated heterocycles. The molecular formula is C10H10N+. The summed E-state index contributed by atoms with van der Waals surface area (Å²) in [6.07, 6.45) is 11.6. The highest BCUT2D eigenvalue weighted by Gasteiger charge is 2.15. The van der Waals surface area contributed by atoms with Crippen LogP contribution in [-0.4, -0.2) is 0 Å². The van der Waals surface area contributed by atoms with Gasteiger partial charge < -0.3 is 0 Å². The van der Waals surface area contributed by atoms with Crippen LogP contribution in [-0.2, 0) is 0 Å². The number of hydrogen-bond donors (Lipinski definition) is 0. The Labute approximate surface area is 66.5 Å². The number of hydrogen-bond acceptors (Lipinski definition) is 0. The third-order valence-corrected chi connectivity index (χ3v) is 1.90. The van der Waals surface area contributed by atoms with Crippen molar-refractivity contribution in [2.75, 3.05) is 0 Å². The van der Waals surface area contributed by atoms with E-state index in [1.807, 2.05) is 0 Å². The van der Waals surface area contributed by atoms with E-state index in [-0.39, 0.29) is 0 Å². The Hall–Kier alpha value is -1.29. The minimum absolute atomic E-state index is 0.848. The standard InChI is InChI=1S/C10H10N/c1-2-7-10-9(5-1)6-3-4-8-11-10/h1,3,5-6H,2,4,7H2/q+1. The van der Waals surface area contributed by atoms with Crippen LogP contribution in [0.3, 0.4) is 0 Å². The van der Waals surface area contributed by atoms with E-state index in [0.717, 1.165) is 19.3 Å². The van der Waals surface area contributed by atoms with Crippen molar-refractivity contribution in [2.24, 2.45) is 0 Å². The normalized spacial score (nSPS) is 20.4. The fourth-order valence-electron chi connectivity index (χ4n) is 1.32. The summed E-state index contributed by atoms with van der Waals surface area (Å²) >= 11 is 0. The lowest BCUT2D eigenvalue weighted by molar-refractivity contribution is 0.977. The maximum Gasteiger partial charge on any atom is 0.324 e. The molecule has 0 aromatic heterocycles. The highest BCUT2D eigenvalue weighted by atomic mass is 14.7. The Morgan fingerprint density at radius 3 is 3.18 bits per heavy atom. The zero-order valence-corrected chi connectivity index (χ0v) is 6.38. The van der Waals surface area contributed by atoms with Crippen LogP contribution in [0.15, 0.2) is 35.6 Å². The smallest absolute Gasteiger partial charge is 0.0831 e. The number of nitrogens with zero attached hydrogens (tertiary/aromatic N) is 1. The zero-order chi connectivity index (χ0) is 7.52. The minimum atomic E-state index is 0.848. The van der Waals surface area contributed by atoms with Gasteiger partial charge in [0.25, 0.3) is 6.07 Å². The summed E-state index contributed by atoms with van der Waals surface area (Å²) in [5, 5.41) is 0. The molecule has 1 nitrogen and oxygen atoms in total. The van der Waals surface area contributed by atoms with Gasteiger partial charge in [0.15, 0.2) is 0 Å². The van der Waals surface area contributed by atoms with E-state index in [9.17, 15) is 0 Å². The van der Waals surface area contributed by atoms with Crippen LogP contribution in [0.25, 0.3) is 4.85 Å². The molecule has 1 heterocycles. The summed E-state index contributed by atoms with van der Waals surface area (Å²) in [6, 6.07) is 2.99. The Bertz CT molecular complexity index is 307. The lowest BCUT2D eigenvalue weighted by Gasteiger charge is -1.97. The van der Waals surface area contributed by atoms with Gasteiger partial charge in [-0.1, -0.05) is 24.3 Å². The maximum atomic E-state index is 4.26. The first-order valence-electron chi connectivity index (χ1n) is 3.96. The van der Waals surface area contributed by atoms with Gasteiger partial charge in [-0.05, 0) is 11.3 Å². The molecule has 0 aromatic carbocycles. The summed E-state index contributed by atoms with van der Waals surface area (Å²) in [5.74, 6) is 0. The van der Waals surface area contributed by atoms with Crippen molar-refractivity contribution in [3.8, 4) is 6.07 Å². The topological polar surface area (TPSA) is 4.36 Å². The first kappa shape index (κ1) is 6.42. The zero-order valence-electron chi connectivity index (χ0n) is 6.38. The SMILES string of the molecule is C1#[N+]C2=C(C=CC1)C=CCC2. The molecule has 0 atom stereocenters. The third kappa shape index (κ3) is 1.25. The molecule has 0 radical (unpaired) electrons. The van der Waals surface area contributed by atoms with E-state index in [4.69, 9.17) is 0 Å². The monoisotopic (exact) mass is 144 g/mol. The largest absolute Gasteiger partial charge is 0.324 e. The van der Waals surface area contributed by atoms with Crippen LogP contribution in [0.2, 0.25) is 0 Å².